The van der Waals surface area contributed by atoms with Gasteiger partial charge >= 0.3 is 11.9 Å². The second kappa shape index (κ2) is 11.3. The molecule has 0 amide bonds. The largest absolute Gasteiger partial charge is 0.490 e. The molecule has 0 saturated heterocycles. The Morgan fingerprint density at radius 1 is 0.870 bits per heavy atom. The van der Waals surface area contributed by atoms with Gasteiger partial charge in [-0.05, 0) is 30.7 Å². The van der Waals surface area contributed by atoms with Crippen LogP contribution in [0.3, 0.4) is 0 Å². The van der Waals surface area contributed by atoms with Gasteiger partial charge in [0.05, 0.1) is 0 Å². The summed E-state index contributed by atoms with van der Waals surface area (Å²) in [6.45, 7) is 4.45. The maximum absolute atomic E-state index is 11.3. The average Bonchev–Trinajstić information content (AvgIpc) is 2.54. The molecule has 0 aliphatic heterocycles. The highest BCUT2D eigenvalue weighted by Crippen LogP contribution is 2.17. The molecule has 0 heterocycles. The van der Waals surface area contributed by atoms with Crippen molar-refractivity contribution in [3.8, 4) is 11.5 Å². The number of hydrogen-bond donors (Lipinski definition) is 0. The van der Waals surface area contributed by atoms with Crippen molar-refractivity contribution in [2.75, 3.05) is 26.4 Å². The Kier molecular flexibility index (Phi) is 9.28. The third-order valence-electron chi connectivity index (χ3n) is 2.83. The number of carbonyl (C=O) groups excluding carboxylic acids is 2. The van der Waals surface area contributed by atoms with Crippen LogP contribution in [0.5, 0.6) is 11.5 Å². The molecule has 0 aromatic heterocycles. The molecule has 0 aliphatic rings. The van der Waals surface area contributed by atoms with E-state index in [2.05, 4.69) is 0 Å². The van der Waals surface area contributed by atoms with Crippen LogP contribution in [-0.4, -0.2) is 38.4 Å². The molecule has 128 valence electrons. The van der Waals surface area contributed by atoms with Crippen LogP contribution in [0, 0.1) is 0 Å². The lowest BCUT2D eigenvalue weighted by Gasteiger charge is -2.09. The molecular weight excluding hydrogens is 300 g/mol. The standard InChI is InChI=1S/C17H24O6/c1-3-4-5-17(19)23-13-12-22-16-8-6-15(7-9-16)21-11-10-20-14(2)18/h6-9H,3-5,10-13H2,1-2H3. The van der Waals surface area contributed by atoms with Crippen LogP contribution >= 0.6 is 0 Å². The van der Waals surface area contributed by atoms with E-state index in [0.717, 1.165) is 12.8 Å². The van der Waals surface area contributed by atoms with Crippen molar-refractivity contribution in [1.29, 1.82) is 0 Å². The lowest BCUT2D eigenvalue weighted by molar-refractivity contribution is -0.144. The van der Waals surface area contributed by atoms with Crippen molar-refractivity contribution in [2.24, 2.45) is 0 Å². The van der Waals surface area contributed by atoms with Gasteiger partial charge in [0.15, 0.2) is 0 Å². The summed E-state index contributed by atoms with van der Waals surface area (Å²) < 4.78 is 20.7. The van der Waals surface area contributed by atoms with E-state index in [1.807, 2.05) is 6.92 Å². The number of hydrogen-bond acceptors (Lipinski definition) is 6. The summed E-state index contributed by atoms with van der Waals surface area (Å²) >= 11 is 0. The SMILES string of the molecule is CCCCC(=O)OCCOc1ccc(OCCOC(C)=O)cc1. The molecule has 0 atom stereocenters. The molecule has 0 unspecified atom stereocenters. The fourth-order valence-electron chi connectivity index (χ4n) is 1.69. The Morgan fingerprint density at radius 2 is 1.39 bits per heavy atom. The van der Waals surface area contributed by atoms with Crippen molar-refractivity contribution >= 4 is 11.9 Å². The highest BCUT2D eigenvalue weighted by atomic mass is 16.6. The minimum absolute atomic E-state index is 0.188. The van der Waals surface area contributed by atoms with E-state index < -0.39 is 0 Å². The van der Waals surface area contributed by atoms with Crippen molar-refractivity contribution < 1.29 is 28.5 Å². The number of carbonyl (C=O) groups is 2. The Morgan fingerprint density at radius 3 is 1.87 bits per heavy atom. The van der Waals surface area contributed by atoms with Gasteiger partial charge in [0.25, 0.3) is 0 Å². The predicted molar refractivity (Wildman–Crippen MR) is 84.5 cm³/mol. The number of esters is 2. The van der Waals surface area contributed by atoms with Crippen molar-refractivity contribution in [2.45, 2.75) is 33.1 Å². The summed E-state index contributed by atoms with van der Waals surface area (Å²) in [7, 11) is 0. The Hall–Kier alpha value is -2.24. The first-order chi connectivity index (χ1) is 11.1. The first kappa shape index (κ1) is 18.8. The van der Waals surface area contributed by atoms with E-state index in [0.29, 0.717) is 31.1 Å². The van der Waals surface area contributed by atoms with Crippen LogP contribution in [0.25, 0.3) is 0 Å². The normalized spacial score (nSPS) is 10.0. The zero-order valence-electron chi connectivity index (χ0n) is 13.7. The fourth-order valence-corrected chi connectivity index (χ4v) is 1.69. The molecule has 0 spiro atoms. The van der Waals surface area contributed by atoms with Crippen molar-refractivity contribution in [3.05, 3.63) is 24.3 Å². The van der Waals surface area contributed by atoms with Crippen LogP contribution in [0.1, 0.15) is 33.1 Å². The molecule has 1 aromatic rings. The minimum atomic E-state index is -0.326. The summed E-state index contributed by atoms with van der Waals surface area (Å²) in [6, 6.07) is 7.05. The van der Waals surface area contributed by atoms with Gasteiger partial charge in [-0.2, -0.15) is 0 Å². The van der Waals surface area contributed by atoms with Crippen molar-refractivity contribution in [3.63, 3.8) is 0 Å². The molecule has 0 saturated carbocycles. The lowest BCUT2D eigenvalue weighted by Crippen LogP contribution is -2.12. The second-order valence-electron chi connectivity index (χ2n) is 4.83. The zero-order chi connectivity index (χ0) is 16.9. The van der Waals surface area contributed by atoms with Gasteiger partial charge < -0.3 is 18.9 Å². The van der Waals surface area contributed by atoms with Gasteiger partial charge in [0.1, 0.15) is 37.9 Å². The number of ether oxygens (including phenoxy) is 4. The van der Waals surface area contributed by atoms with E-state index in [1.54, 1.807) is 24.3 Å². The highest BCUT2D eigenvalue weighted by Gasteiger charge is 2.02. The van der Waals surface area contributed by atoms with Crippen LogP contribution in [-0.2, 0) is 19.1 Å². The van der Waals surface area contributed by atoms with Crippen LogP contribution < -0.4 is 9.47 Å². The molecular formula is C17H24O6. The average molecular weight is 324 g/mol. The fraction of sp³-hybridized carbons (Fsp3) is 0.529. The van der Waals surface area contributed by atoms with Gasteiger partial charge in [-0.15, -0.1) is 0 Å². The Labute approximate surface area is 136 Å². The first-order valence-corrected chi connectivity index (χ1v) is 7.76. The van der Waals surface area contributed by atoms with E-state index in [4.69, 9.17) is 18.9 Å². The third-order valence-corrected chi connectivity index (χ3v) is 2.83. The third kappa shape index (κ3) is 9.39. The minimum Gasteiger partial charge on any atom is -0.490 e. The first-order valence-electron chi connectivity index (χ1n) is 7.76. The molecule has 0 aliphatic carbocycles. The second-order valence-corrected chi connectivity index (χ2v) is 4.83. The summed E-state index contributed by atoms with van der Waals surface area (Å²) in [6.07, 6.45) is 2.27. The Balaban J connectivity index is 2.16. The quantitative estimate of drug-likeness (QED) is 0.460. The number of benzene rings is 1. The van der Waals surface area contributed by atoms with E-state index >= 15 is 0 Å². The number of rotatable bonds is 11. The summed E-state index contributed by atoms with van der Waals surface area (Å²) in [5, 5.41) is 0. The molecule has 23 heavy (non-hydrogen) atoms. The van der Waals surface area contributed by atoms with E-state index in [-0.39, 0.29) is 25.2 Å². The molecule has 1 aromatic carbocycles. The molecule has 0 radical (unpaired) electrons. The monoisotopic (exact) mass is 324 g/mol. The summed E-state index contributed by atoms with van der Waals surface area (Å²) in [5.74, 6) is 0.817. The highest BCUT2D eigenvalue weighted by molar-refractivity contribution is 5.69. The number of unbranched alkanes of at least 4 members (excludes halogenated alkanes) is 1. The van der Waals surface area contributed by atoms with Gasteiger partial charge in [-0.3, -0.25) is 9.59 Å². The molecule has 6 heteroatoms. The van der Waals surface area contributed by atoms with E-state index in [9.17, 15) is 9.59 Å². The maximum atomic E-state index is 11.3. The smallest absolute Gasteiger partial charge is 0.305 e. The van der Waals surface area contributed by atoms with Crippen molar-refractivity contribution in [1.82, 2.24) is 0 Å². The zero-order valence-corrected chi connectivity index (χ0v) is 13.7. The van der Waals surface area contributed by atoms with Gasteiger partial charge in [-0.25, -0.2) is 0 Å². The predicted octanol–water partition coefficient (Wildman–Crippen LogP) is 2.74. The summed E-state index contributed by atoms with van der Waals surface area (Å²) in [5.41, 5.74) is 0. The topological polar surface area (TPSA) is 71.1 Å². The van der Waals surface area contributed by atoms with Gasteiger partial charge in [0, 0.05) is 13.3 Å². The van der Waals surface area contributed by atoms with Crippen LogP contribution in [0.15, 0.2) is 24.3 Å². The van der Waals surface area contributed by atoms with E-state index in [1.165, 1.54) is 6.92 Å². The molecule has 1 rings (SSSR count). The maximum Gasteiger partial charge on any atom is 0.305 e. The van der Waals surface area contributed by atoms with Gasteiger partial charge in [-0.1, -0.05) is 13.3 Å². The van der Waals surface area contributed by atoms with Crippen LogP contribution in [0.2, 0.25) is 0 Å². The Bertz CT molecular complexity index is 468. The molecule has 0 N–H and O–H groups in total. The molecule has 6 nitrogen and oxygen atoms in total. The molecule has 0 fully saturated rings. The van der Waals surface area contributed by atoms with Gasteiger partial charge in [0.2, 0.25) is 0 Å². The van der Waals surface area contributed by atoms with Crippen LogP contribution in [0.4, 0.5) is 0 Å². The molecule has 0 bridgehead atoms. The summed E-state index contributed by atoms with van der Waals surface area (Å²) in [4.78, 5) is 21.9. The lowest BCUT2D eigenvalue weighted by atomic mass is 10.2.